The Balaban J connectivity index is 1.84. The number of halogens is 2. The zero-order chi connectivity index (χ0) is 14.8. The lowest BCUT2D eigenvalue weighted by Crippen LogP contribution is -2.31. The molecule has 0 aliphatic heterocycles. The van der Waals surface area contributed by atoms with Gasteiger partial charge in [0.1, 0.15) is 0 Å². The van der Waals surface area contributed by atoms with E-state index in [1.165, 1.54) is 6.42 Å². The second-order valence-corrected chi connectivity index (χ2v) is 6.10. The average molecular weight is 326 g/mol. The molecule has 1 fully saturated rings. The zero-order valence-electron chi connectivity index (χ0n) is 11.8. The standard InChI is InChI=1S/C15H17Cl2N3O/c1-2-18-13-5-3-4-10(13)15-19-14(20-21-15)9-6-7-11(16)12(17)8-9/h6-8,10,13,18H,2-5H2,1H3. The molecule has 2 aromatic rings. The molecule has 0 saturated heterocycles. The number of benzene rings is 1. The van der Waals surface area contributed by atoms with E-state index in [0.717, 1.165) is 24.9 Å². The molecule has 2 atom stereocenters. The van der Waals surface area contributed by atoms with E-state index in [0.29, 0.717) is 33.7 Å². The van der Waals surface area contributed by atoms with Gasteiger partial charge in [-0.2, -0.15) is 4.98 Å². The average Bonchev–Trinajstić information content (AvgIpc) is 3.10. The van der Waals surface area contributed by atoms with Crippen LogP contribution in [0, 0.1) is 0 Å². The molecule has 112 valence electrons. The van der Waals surface area contributed by atoms with E-state index in [1.807, 2.05) is 6.07 Å². The molecule has 1 N–H and O–H groups in total. The van der Waals surface area contributed by atoms with Crippen LogP contribution in [0.25, 0.3) is 11.4 Å². The first-order valence-corrected chi connectivity index (χ1v) is 7.97. The molecule has 1 aromatic carbocycles. The topological polar surface area (TPSA) is 51.0 Å². The number of rotatable bonds is 4. The third-order valence-electron chi connectivity index (χ3n) is 3.92. The van der Waals surface area contributed by atoms with Crippen LogP contribution < -0.4 is 5.32 Å². The van der Waals surface area contributed by atoms with Crippen LogP contribution in [0.4, 0.5) is 0 Å². The van der Waals surface area contributed by atoms with Gasteiger partial charge in [0.25, 0.3) is 0 Å². The molecule has 4 nitrogen and oxygen atoms in total. The summed E-state index contributed by atoms with van der Waals surface area (Å²) < 4.78 is 5.47. The molecular weight excluding hydrogens is 309 g/mol. The Morgan fingerprint density at radius 3 is 2.90 bits per heavy atom. The Hall–Kier alpha value is -1.10. The quantitative estimate of drug-likeness (QED) is 0.911. The van der Waals surface area contributed by atoms with E-state index in [2.05, 4.69) is 22.4 Å². The van der Waals surface area contributed by atoms with Crippen molar-refractivity contribution in [1.29, 1.82) is 0 Å². The predicted molar refractivity (Wildman–Crippen MR) is 83.8 cm³/mol. The summed E-state index contributed by atoms with van der Waals surface area (Å²) in [5, 5.41) is 8.59. The van der Waals surface area contributed by atoms with Crippen LogP contribution in [0.1, 0.15) is 38.0 Å². The monoisotopic (exact) mass is 325 g/mol. The number of hydrogen-bond acceptors (Lipinski definition) is 4. The number of nitrogens with zero attached hydrogens (tertiary/aromatic N) is 2. The minimum absolute atomic E-state index is 0.300. The number of aromatic nitrogens is 2. The van der Waals surface area contributed by atoms with E-state index in [1.54, 1.807) is 12.1 Å². The fourth-order valence-corrected chi connectivity index (χ4v) is 3.20. The lowest BCUT2D eigenvalue weighted by Gasteiger charge is -2.16. The summed E-state index contributed by atoms with van der Waals surface area (Å²) in [5.74, 6) is 1.57. The molecule has 0 radical (unpaired) electrons. The molecular formula is C15H17Cl2N3O. The van der Waals surface area contributed by atoms with E-state index in [4.69, 9.17) is 27.7 Å². The van der Waals surface area contributed by atoms with Gasteiger partial charge >= 0.3 is 0 Å². The summed E-state index contributed by atoms with van der Waals surface area (Å²) in [6, 6.07) is 5.78. The SMILES string of the molecule is CCNC1CCCC1c1nc(-c2ccc(Cl)c(Cl)c2)no1. The highest BCUT2D eigenvalue weighted by Crippen LogP contribution is 2.35. The highest BCUT2D eigenvalue weighted by atomic mass is 35.5. The Morgan fingerprint density at radius 1 is 1.29 bits per heavy atom. The van der Waals surface area contributed by atoms with Gasteiger partial charge < -0.3 is 9.84 Å². The van der Waals surface area contributed by atoms with Gasteiger partial charge in [-0.15, -0.1) is 0 Å². The molecule has 2 unspecified atom stereocenters. The van der Waals surface area contributed by atoms with Gasteiger partial charge in [-0.3, -0.25) is 0 Å². The Kier molecular flexibility index (Phi) is 4.48. The van der Waals surface area contributed by atoms with Crippen LogP contribution in [0.5, 0.6) is 0 Å². The van der Waals surface area contributed by atoms with Crippen LogP contribution in [-0.4, -0.2) is 22.7 Å². The van der Waals surface area contributed by atoms with Crippen LogP contribution in [0.2, 0.25) is 10.0 Å². The lowest BCUT2D eigenvalue weighted by molar-refractivity contribution is 0.332. The van der Waals surface area contributed by atoms with E-state index in [-0.39, 0.29) is 0 Å². The lowest BCUT2D eigenvalue weighted by atomic mass is 10.0. The molecule has 0 bridgehead atoms. The first kappa shape index (κ1) is 14.8. The smallest absolute Gasteiger partial charge is 0.231 e. The molecule has 6 heteroatoms. The van der Waals surface area contributed by atoms with Gasteiger partial charge in [-0.25, -0.2) is 0 Å². The Labute approximate surface area is 133 Å². The van der Waals surface area contributed by atoms with Crippen molar-refractivity contribution in [1.82, 2.24) is 15.5 Å². The molecule has 0 spiro atoms. The normalized spacial score (nSPS) is 21.9. The van der Waals surface area contributed by atoms with E-state index >= 15 is 0 Å². The van der Waals surface area contributed by atoms with Crippen molar-refractivity contribution in [2.45, 2.75) is 38.1 Å². The van der Waals surface area contributed by atoms with Crippen molar-refractivity contribution in [2.75, 3.05) is 6.54 Å². The number of hydrogen-bond donors (Lipinski definition) is 1. The van der Waals surface area contributed by atoms with Crippen LogP contribution in [-0.2, 0) is 0 Å². The van der Waals surface area contributed by atoms with Gasteiger partial charge in [-0.05, 0) is 37.6 Å². The highest BCUT2D eigenvalue weighted by Gasteiger charge is 2.32. The first-order valence-electron chi connectivity index (χ1n) is 7.21. The van der Waals surface area contributed by atoms with Gasteiger partial charge in [0, 0.05) is 11.6 Å². The molecule has 1 aliphatic carbocycles. The fraction of sp³-hybridized carbons (Fsp3) is 0.467. The number of likely N-dealkylation sites (N-methyl/N-ethyl adjacent to an activating group) is 1. The number of nitrogens with one attached hydrogen (secondary N) is 1. The van der Waals surface area contributed by atoms with Crippen molar-refractivity contribution in [3.05, 3.63) is 34.1 Å². The molecule has 1 heterocycles. The van der Waals surface area contributed by atoms with Gasteiger partial charge in [-0.1, -0.05) is 41.7 Å². The molecule has 21 heavy (non-hydrogen) atoms. The summed E-state index contributed by atoms with van der Waals surface area (Å²) in [5.41, 5.74) is 0.817. The third kappa shape index (κ3) is 3.07. The summed E-state index contributed by atoms with van der Waals surface area (Å²) >= 11 is 12.0. The summed E-state index contributed by atoms with van der Waals surface area (Å²) in [4.78, 5) is 4.55. The Morgan fingerprint density at radius 2 is 2.14 bits per heavy atom. The summed E-state index contributed by atoms with van der Waals surface area (Å²) in [6.07, 6.45) is 3.43. The zero-order valence-corrected chi connectivity index (χ0v) is 13.3. The van der Waals surface area contributed by atoms with Crippen molar-refractivity contribution < 1.29 is 4.52 Å². The highest BCUT2D eigenvalue weighted by molar-refractivity contribution is 6.42. The van der Waals surface area contributed by atoms with Crippen LogP contribution in [0.3, 0.4) is 0 Å². The maximum Gasteiger partial charge on any atom is 0.231 e. The fourth-order valence-electron chi connectivity index (χ4n) is 2.90. The van der Waals surface area contributed by atoms with Crippen LogP contribution in [0.15, 0.2) is 22.7 Å². The summed E-state index contributed by atoms with van der Waals surface area (Å²) in [7, 11) is 0. The van der Waals surface area contributed by atoms with Gasteiger partial charge in [0.05, 0.1) is 16.0 Å². The summed E-state index contributed by atoms with van der Waals surface area (Å²) in [6.45, 7) is 3.07. The van der Waals surface area contributed by atoms with Crippen LogP contribution >= 0.6 is 23.2 Å². The molecule has 0 amide bonds. The largest absolute Gasteiger partial charge is 0.339 e. The van der Waals surface area contributed by atoms with Gasteiger partial charge in [0.2, 0.25) is 11.7 Å². The van der Waals surface area contributed by atoms with Crippen molar-refractivity contribution in [3.8, 4) is 11.4 Å². The first-order chi connectivity index (χ1) is 10.2. The Bertz CT molecular complexity index is 629. The van der Waals surface area contributed by atoms with Crippen molar-refractivity contribution in [3.63, 3.8) is 0 Å². The predicted octanol–water partition coefficient (Wildman–Crippen LogP) is 4.29. The maximum atomic E-state index is 6.03. The van der Waals surface area contributed by atoms with Crippen molar-refractivity contribution >= 4 is 23.2 Å². The van der Waals surface area contributed by atoms with E-state index < -0.39 is 0 Å². The third-order valence-corrected chi connectivity index (χ3v) is 4.66. The minimum atomic E-state index is 0.300. The maximum absolute atomic E-state index is 6.03. The van der Waals surface area contributed by atoms with Gasteiger partial charge in [0.15, 0.2) is 0 Å². The minimum Gasteiger partial charge on any atom is -0.339 e. The molecule has 3 rings (SSSR count). The molecule has 1 aromatic heterocycles. The van der Waals surface area contributed by atoms with E-state index in [9.17, 15) is 0 Å². The second kappa shape index (κ2) is 6.34. The van der Waals surface area contributed by atoms with Crippen molar-refractivity contribution in [2.24, 2.45) is 0 Å². The second-order valence-electron chi connectivity index (χ2n) is 5.29. The molecule has 1 saturated carbocycles. The molecule has 1 aliphatic rings.